The lowest BCUT2D eigenvalue weighted by Gasteiger charge is -2.24. The Morgan fingerprint density at radius 1 is 0.943 bits per heavy atom. The van der Waals surface area contributed by atoms with Gasteiger partial charge in [0.05, 0.1) is 17.3 Å². The van der Waals surface area contributed by atoms with Gasteiger partial charge in [-0.2, -0.15) is 5.10 Å². The second-order valence-corrected chi connectivity index (χ2v) is 9.22. The number of amides is 1. The fraction of sp³-hybridized carbons (Fsp3) is 0.357. The maximum absolute atomic E-state index is 13.1. The molecule has 0 bridgehead atoms. The van der Waals surface area contributed by atoms with Crippen LogP contribution >= 0.6 is 0 Å². The minimum atomic E-state index is 0.0921. The zero-order chi connectivity index (χ0) is 24.2. The summed E-state index contributed by atoms with van der Waals surface area (Å²) in [6.07, 6.45) is 4.88. The van der Waals surface area contributed by atoms with E-state index in [1.165, 1.54) is 0 Å². The molecule has 0 aliphatic carbocycles. The highest BCUT2D eigenvalue weighted by Crippen LogP contribution is 2.29. The number of rotatable bonds is 6. The molecule has 7 heteroatoms. The van der Waals surface area contributed by atoms with E-state index in [-0.39, 0.29) is 11.8 Å². The molecule has 2 aromatic carbocycles. The number of para-hydroxylation sites is 1. The first kappa shape index (κ1) is 23.0. The maximum Gasteiger partial charge on any atom is 0.253 e. The Hall–Kier alpha value is -3.74. The molecule has 0 unspecified atom stereocenters. The summed E-state index contributed by atoms with van der Waals surface area (Å²) < 4.78 is 1.91. The topological polar surface area (TPSA) is 67.2 Å². The van der Waals surface area contributed by atoms with Gasteiger partial charge in [0.1, 0.15) is 11.6 Å². The van der Waals surface area contributed by atoms with E-state index in [9.17, 15) is 4.79 Å². The van der Waals surface area contributed by atoms with Crippen molar-refractivity contribution >= 4 is 22.8 Å². The predicted molar refractivity (Wildman–Crippen MR) is 139 cm³/mol. The van der Waals surface area contributed by atoms with Crippen LogP contribution in [0.25, 0.3) is 16.7 Å². The molecular weight excluding hydrogens is 436 g/mol. The third-order valence-electron chi connectivity index (χ3n) is 6.69. The van der Waals surface area contributed by atoms with Gasteiger partial charge < -0.3 is 9.80 Å². The number of fused-ring (bicyclic) bond motifs is 1. The van der Waals surface area contributed by atoms with Crippen molar-refractivity contribution in [3.8, 4) is 5.69 Å². The first-order valence-corrected chi connectivity index (χ1v) is 12.6. The van der Waals surface area contributed by atoms with Gasteiger partial charge in [0.15, 0.2) is 5.65 Å². The van der Waals surface area contributed by atoms with E-state index in [4.69, 9.17) is 15.1 Å². The zero-order valence-corrected chi connectivity index (χ0v) is 20.5. The molecule has 1 aliphatic rings. The molecule has 3 heterocycles. The van der Waals surface area contributed by atoms with Crippen molar-refractivity contribution in [2.45, 2.75) is 39.0 Å². The van der Waals surface area contributed by atoms with E-state index in [2.05, 4.69) is 18.7 Å². The van der Waals surface area contributed by atoms with Crippen molar-refractivity contribution in [2.75, 3.05) is 31.1 Å². The van der Waals surface area contributed by atoms with Crippen LogP contribution in [-0.2, 0) is 0 Å². The summed E-state index contributed by atoms with van der Waals surface area (Å²) in [5.74, 6) is 2.12. The van der Waals surface area contributed by atoms with E-state index >= 15 is 0 Å². The van der Waals surface area contributed by atoms with Crippen molar-refractivity contribution < 1.29 is 4.79 Å². The van der Waals surface area contributed by atoms with Gasteiger partial charge in [0, 0.05) is 37.7 Å². The highest BCUT2D eigenvalue weighted by atomic mass is 16.2. The van der Waals surface area contributed by atoms with Crippen LogP contribution in [0, 0.1) is 0 Å². The smallest absolute Gasteiger partial charge is 0.253 e. The van der Waals surface area contributed by atoms with Gasteiger partial charge in [0.25, 0.3) is 5.91 Å². The SMILES string of the molecule is CCC[C@H](C)c1nc(N2CCCN(C(=O)c3ccccc3)CC2)c2cnn(-c3ccccc3)c2n1. The molecule has 1 fully saturated rings. The number of hydrogen-bond acceptors (Lipinski definition) is 5. The normalized spacial score (nSPS) is 15.3. The number of nitrogens with zero attached hydrogens (tertiary/aromatic N) is 6. The summed E-state index contributed by atoms with van der Waals surface area (Å²) in [4.78, 5) is 27.4. The van der Waals surface area contributed by atoms with Crippen molar-refractivity contribution in [3.63, 3.8) is 0 Å². The molecule has 7 nitrogen and oxygen atoms in total. The van der Waals surface area contributed by atoms with Crippen LogP contribution in [0.4, 0.5) is 5.82 Å². The second-order valence-electron chi connectivity index (χ2n) is 9.22. The molecule has 2 aromatic heterocycles. The molecule has 0 saturated carbocycles. The molecule has 4 aromatic rings. The van der Waals surface area contributed by atoms with Crippen LogP contribution in [0.1, 0.15) is 55.2 Å². The van der Waals surface area contributed by atoms with Crippen molar-refractivity contribution in [3.05, 3.63) is 78.2 Å². The largest absolute Gasteiger partial charge is 0.354 e. The Kier molecular flexibility index (Phi) is 6.75. The Morgan fingerprint density at radius 3 is 2.43 bits per heavy atom. The average Bonchev–Trinajstić information content (AvgIpc) is 3.18. The summed E-state index contributed by atoms with van der Waals surface area (Å²) in [7, 11) is 0. The number of carbonyl (C=O) groups is 1. The minimum Gasteiger partial charge on any atom is -0.354 e. The van der Waals surface area contributed by atoms with Crippen LogP contribution in [0.15, 0.2) is 66.9 Å². The molecule has 1 amide bonds. The lowest BCUT2D eigenvalue weighted by Crippen LogP contribution is -2.35. The van der Waals surface area contributed by atoms with Crippen molar-refractivity contribution in [1.29, 1.82) is 0 Å². The zero-order valence-electron chi connectivity index (χ0n) is 20.5. The molecule has 35 heavy (non-hydrogen) atoms. The van der Waals surface area contributed by atoms with Crippen molar-refractivity contribution in [2.24, 2.45) is 0 Å². The first-order chi connectivity index (χ1) is 17.2. The predicted octanol–water partition coefficient (Wildman–Crippen LogP) is 5.07. The van der Waals surface area contributed by atoms with Gasteiger partial charge in [-0.25, -0.2) is 14.6 Å². The lowest BCUT2D eigenvalue weighted by atomic mass is 10.1. The number of hydrogen-bond donors (Lipinski definition) is 0. The van der Waals surface area contributed by atoms with Gasteiger partial charge in [-0.05, 0) is 37.1 Å². The fourth-order valence-electron chi connectivity index (χ4n) is 4.79. The van der Waals surface area contributed by atoms with E-state index in [1.807, 2.05) is 76.4 Å². The molecule has 1 atom stereocenters. The maximum atomic E-state index is 13.1. The third kappa shape index (κ3) is 4.76. The summed E-state index contributed by atoms with van der Waals surface area (Å²) in [6, 6.07) is 19.7. The molecule has 0 N–H and O–H groups in total. The van der Waals surface area contributed by atoms with Crippen LogP contribution in [0.2, 0.25) is 0 Å². The Morgan fingerprint density at radius 2 is 1.69 bits per heavy atom. The Balaban J connectivity index is 1.49. The first-order valence-electron chi connectivity index (χ1n) is 12.6. The standard InChI is InChI=1S/C28H32N6O/c1-3-11-21(2)25-30-26(24-20-29-34(27(24)31-25)23-14-8-5-9-15-23)32-16-10-17-33(19-18-32)28(35)22-12-6-4-7-13-22/h4-9,12-15,20-21H,3,10-11,16-19H2,1-2H3/t21-/m0/s1. The number of aromatic nitrogens is 4. The van der Waals surface area contributed by atoms with Crippen LogP contribution in [-0.4, -0.2) is 56.7 Å². The Bertz CT molecular complexity index is 1290. The fourth-order valence-corrected chi connectivity index (χ4v) is 4.79. The summed E-state index contributed by atoms with van der Waals surface area (Å²) >= 11 is 0. The van der Waals surface area contributed by atoms with Crippen LogP contribution in [0.3, 0.4) is 0 Å². The quantitative estimate of drug-likeness (QED) is 0.395. The summed E-state index contributed by atoms with van der Waals surface area (Å²) in [6.45, 7) is 7.34. The third-order valence-corrected chi connectivity index (χ3v) is 6.69. The number of benzene rings is 2. The lowest BCUT2D eigenvalue weighted by molar-refractivity contribution is 0.0767. The van der Waals surface area contributed by atoms with E-state index < -0.39 is 0 Å². The highest BCUT2D eigenvalue weighted by Gasteiger charge is 2.25. The Labute approximate surface area is 206 Å². The van der Waals surface area contributed by atoms with E-state index in [0.29, 0.717) is 6.54 Å². The highest BCUT2D eigenvalue weighted by molar-refractivity contribution is 5.94. The molecule has 1 saturated heterocycles. The van der Waals surface area contributed by atoms with Gasteiger partial charge in [0.2, 0.25) is 0 Å². The van der Waals surface area contributed by atoms with Gasteiger partial charge in [-0.15, -0.1) is 0 Å². The van der Waals surface area contributed by atoms with Gasteiger partial charge in [-0.3, -0.25) is 4.79 Å². The molecule has 1 aliphatic heterocycles. The van der Waals surface area contributed by atoms with E-state index in [0.717, 1.165) is 72.8 Å². The number of anilines is 1. The summed E-state index contributed by atoms with van der Waals surface area (Å²) in [5, 5.41) is 5.65. The van der Waals surface area contributed by atoms with E-state index in [1.54, 1.807) is 0 Å². The minimum absolute atomic E-state index is 0.0921. The van der Waals surface area contributed by atoms with Crippen LogP contribution < -0.4 is 4.90 Å². The van der Waals surface area contributed by atoms with Crippen LogP contribution in [0.5, 0.6) is 0 Å². The molecule has 0 radical (unpaired) electrons. The molecule has 180 valence electrons. The average molecular weight is 469 g/mol. The van der Waals surface area contributed by atoms with Gasteiger partial charge in [-0.1, -0.05) is 56.7 Å². The summed E-state index contributed by atoms with van der Waals surface area (Å²) in [5.41, 5.74) is 2.56. The second kappa shape index (κ2) is 10.3. The number of carbonyl (C=O) groups excluding carboxylic acids is 1. The van der Waals surface area contributed by atoms with Crippen molar-refractivity contribution in [1.82, 2.24) is 24.6 Å². The monoisotopic (exact) mass is 468 g/mol. The molecule has 5 rings (SSSR count). The molecule has 0 spiro atoms. The van der Waals surface area contributed by atoms with Gasteiger partial charge >= 0.3 is 0 Å². The molecular formula is C28H32N6O.